The lowest BCUT2D eigenvalue weighted by Crippen LogP contribution is -2.42. The molecule has 0 bridgehead atoms. The van der Waals surface area contributed by atoms with E-state index in [4.69, 9.17) is 23.2 Å². The monoisotopic (exact) mass is 333 g/mol. The van der Waals surface area contributed by atoms with E-state index in [2.05, 4.69) is 0 Å². The van der Waals surface area contributed by atoms with Gasteiger partial charge in [0.2, 0.25) is 0 Å². The van der Waals surface area contributed by atoms with E-state index in [1.165, 1.54) is 12.1 Å². The number of carbonyl (C=O) groups is 1. The van der Waals surface area contributed by atoms with E-state index in [1.54, 1.807) is 0 Å². The lowest BCUT2D eigenvalue weighted by molar-refractivity contribution is -0.144. The summed E-state index contributed by atoms with van der Waals surface area (Å²) in [6.07, 6.45) is 3.44. The number of likely N-dealkylation sites (tertiary alicyclic amines) is 1. The van der Waals surface area contributed by atoms with Crippen molar-refractivity contribution < 1.29 is 14.3 Å². The number of aliphatic carboxylic acids is 1. The Kier molecular flexibility index (Phi) is 5.47. The first-order chi connectivity index (χ1) is 9.91. The molecule has 1 aromatic carbocycles. The summed E-state index contributed by atoms with van der Waals surface area (Å²) >= 11 is 11.9. The Morgan fingerprint density at radius 3 is 2.71 bits per heavy atom. The van der Waals surface area contributed by atoms with Gasteiger partial charge in [0, 0.05) is 11.1 Å². The molecular weight excluding hydrogens is 316 g/mol. The molecular formula is C15H18Cl2FNO2. The summed E-state index contributed by atoms with van der Waals surface area (Å²) in [6, 6.07) is 1.84. The van der Waals surface area contributed by atoms with Crippen molar-refractivity contribution in [3.05, 3.63) is 33.6 Å². The fourth-order valence-electron chi connectivity index (χ4n) is 2.90. The van der Waals surface area contributed by atoms with Crippen molar-refractivity contribution in [1.29, 1.82) is 0 Å². The van der Waals surface area contributed by atoms with Crippen LogP contribution in [0.5, 0.6) is 0 Å². The quantitative estimate of drug-likeness (QED) is 0.826. The number of halogens is 3. The average Bonchev–Trinajstić information content (AvgIpc) is 2.67. The number of nitrogens with zero attached hydrogens (tertiary/aromatic N) is 1. The molecule has 1 aliphatic heterocycles. The second kappa shape index (κ2) is 6.95. The van der Waals surface area contributed by atoms with Crippen LogP contribution >= 0.6 is 23.2 Å². The van der Waals surface area contributed by atoms with Crippen molar-refractivity contribution in [3.8, 4) is 0 Å². The second-order valence-corrected chi connectivity index (χ2v) is 6.22. The first kappa shape index (κ1) is 16.5. The Hall–Kier alpha value is -0.840. The molecule has 0 aliphatic carbocycles. The molecule has 0 radical (unpaired) electrons. The highest BCUT2D eigenvalue weighted by Crippen LogP contribution is 2.34. The van der Waals surface area contributed by atoms with E-state index in [9.17, 15) is 14.3 Å². The van der Waals surface area contributed by atoms with Crippen LogP contribution in [-0.4, -0.2) is 28.6 Å². The van der Waals surface area contributed by atoms with Crippen LogP contribution in [0.25, 0.3) is 0 Å². The van der Waals surface area contributed by atoms with Crippen molar-refractivity contribution in [2.24, 2.45) is 0 Å². The van der Waals surface area contributed by atoms with Crippen LogP contribution in [0.3, 0.4) is 0 Å². The van der Waals surface area contributed by atoms with Gasteiger partial charge in [0.25, 0.3) is 0 Å². The molecule has 6 heteroatoms. The van der Waals surface area contributed by atoms with Crippen molar-refractivity contribution in [3.63, 3.8) is 0 Å². The number of carboxylic acid groups (broad SMARTS) is 1. The van der Waals surface area contributed by atoms with Gasteiger partial charge in [-0.1, -0.05) is 36.0 Å². The largest absolute Gasteiger partial charge is 0.480 e. The van der Waals surface area contributed by atoms with Crippen LogP contribution in [0.4, 0.5) is 4.39 Å². The standard InChI is InChI=1S/C15H18Cl2FNO2/c1-9(10-7-13(18)12(17)8-11(10)16)19-6-4-2-3-5-14(19)15(20)21/h7-9,14H,2-6H2,1H3,(H,20,21). The molecule has 0 spiro atoms. The second-order valence-electron chi connectivity index (χ2n) is 5.41. The zero-order valence-electron chi connectivity index (χ0n) is 11.8. The van der Waals surface area contributed by atoms with Crippen LogP contribution in [0.1, 0.15) is 44.2 Å². The van der Waals surface area contributed by atoms with Gasteiger partial charge in [-0.05, 0) is 44.0 Å². The SMILES string of the molecule is CC(c1cc(F)c(Cl)cc1Cl)N1CCCCCC1C(=O)O. The zero-order chi connectivity index (χ0) is 15.6. The lowest BCUT2D eigenvalue weighted by Gasteiger charge is -2.33. The van der Waals surface area contributed by atoms with Gasteiger partial charge in [0.1, 0.15) is 11.9 Å². The van der Waals surface area contributed by atoms with Crippen LogP contribution in [0.15, 0.2) is 12.1 Å². The Balaban J connectivity index is 2.34. The minimum Gasteiger partial charge on any atom is -0.480 e. The fraction of sp³-hybridized carbons (Fsp3) is 0.533. The number of hydrogen-bond acceptors (Lipinski definition) is 2. The summed E-state index contributed by atoms with van der Waals surface area (Å²) in [5.41, 5.74) is 0.576. The first-order valence-electron chi connectivity index (χ1n) is 7.04. The Morgan fingerprint density at radius 2 is 2.05 bits per heavy atom. The van der Waals surface area contributed by atoms with Gasteiger partial charge in [0.05, 0.1) is 5.02 Å². The van der Waals surface area contributed by atoms with Crippen LogP contribution in [0.2, 0.25) is 10.0 Å². The topological polar surface area (TPSA) is 40.5 Å². The van der Waals surface area contributed by atoms with Crippen LogP contribution in [0, 0.1) is 5.82 Å². The Labute approximate surface area is 133 Å². The summed E-state index contributed by atoms with van der Waals surface area (Å²) in [7, 11) is 0. The normalized spacial score (nSPS) is 21.8. The van der Waals surface area contributed by atoms with E-state index in [0.29, 0.717) is 23.6 Å². The first-order valence-corrected chi connectivity index (χ1v) is 7.80. The summed E-state index contributed by atoms with van der Waals surface area (Å²) in [5, 5.41) is 9.76. The summed E-state index contributed by atoms with van der Waals surface area (Å²) in [5.74, 6) is -1.38. The van der Waals surface area contributed by atoms with Crippen molar-refractivity contribution in [1.82, 2.24) is 4.90 Å². The number of rotatable bonds is 3. The third-order valence-corrected chi connectivity index (χ3v) is 4.68. The summed E-state index contributed by atoms with van der Waals surface area (Å²) < 4.78 is 13.7. The van der Waals surface area contributed by atoms with E-state index in [0.717, 1.165) is 19.3 Å². The van der Waals surface area contributed by atoms with Gasteiger partial charge in [0.15, 0.2) is 0 Å². The van der Waals surface area contributed by atoms with E-state index in [-0.39, 0.29) is 11.1 Å². The molecule has 1 heterocycles. The van der Waals surface area contributed by atoms with Gasteiger partial charge in [-0.3, -0.25) is 9.69 Å². The molecule has 21 heavy (non-hydrogen) atoms. The highest BCUT2D eigenvalue weighted by Gasteiger charge is 2.32. The average molecular weight is 334 g/mol. The lowest BCUT2D eigenvalue weighted by atomic mass is 10.0. The van der Waals surface area contributed by atoms with Crippen molar-refractivity contribution in [2.45, 2.75) is 44.7 Å². The summed E-state index contributed by atoms with van der Waals surface area (Å²) in [4.78, 5) is 13.4. The number of benzene rings is 1. The predicted octanol–water partition coefficient (Wildman–Crippen LogP) is 4.52. The molecule has 0 aromatic heterocycles. The highest BCUT2D eigenvalue weighted by molar-refractivity contribution is 6.35. The minimum absolute atomic E-state index is 0.0263. The van der Waals surface area contributed by atoms with Crippen LogP contribution < -0.4 is 0 Å². The molecule has 3 nitrogen and oxygen atoms in total. The zero-order valence-corrected chi connectivity index (χ0v) is 13.3. The van der Waals surface area contributed by atoms with E-state index in [1.807, 2.05) is 11.8 Å². The molecule has 2 unspecified atom stereocenters. The molecule has 1 fully saturated rings. The predicted molar refractivity (Wildman–Crippen MR) is 81.4 cm³/mol. The maximum Gasteiger partial charge on any atom is 0.320 e. The Morgan fingerprint density at radius 1 is 1.33 bits per heavy atom. The molecule has 1 saturated heterocycles. The smallest absolute Gasteiger partial charge is 0.320 e. The third kappa shape index (κ3) is 3.68. The third-order valence-electron chi connectivity index (χ3n) is 4.07. The molecule has 0 amide bonds. The van der Waals surface area contributed by atoms with Gasteiger partial charge in [-0.25, -0.2) is 4.39 Å². The minimum atomic E-state index is -0.839. The highest BCUT2D eigenvalue weighted by atomic mass is 35.5. The van der Waals surface area contributed by atoms with Gasteiger partial charge in [-0.15, -0.1) is 0 Å². The maximum absolute atomic E-state index is 13.7. The Bertz CT molecular complexity index is 539. The van der Waals surface area contributed by atoms with Crippen molar-refractivity contribution >= 4 is 29.2 Å². The van der Waals surface area contributed by atoms with Crippen LogP contribution in [-0.2, 0) is 4.79 Å². The molecule has 1 N–H and O–H groups in total. The molecule has 116 valence electrons. The molecule has 1 aliphatic rings. The number of hydrogen-bond donors (Lipinski definition) is 1. The molecule has 2 rings (SSSR count). The number of carboxylic acids is 1. The molecule has 2 atom stereocenters. The fourth-order valence-corrected chi connectivity index (χ4v) is 3.44. The van der Waals surface area contributed by atoms with Gasteiger partial charge < -0.3 is 5.11 Å². The van der Waals surface area contributed by atoms with Gasteiger partial charge >= 0.3 is 5.97 Å². The molecule has 0 saturated carbocycles. The summed E-state index contributed by atoms with van der Waals surface area (Å²) in [6.45, 7) is 2.52. The molecule has 1 aromatic rings. The van der Waals surface area contributed by atoms with E-state index >= 15 is 0 Å². The maximum atomic E-state index is 13.7. The van der Waals surface area contributed by atoms with E-state index < -0.39 is 17.8 Å². The van der Waals surface area contributed by atoms with Gasteiger partial charge in [-0.2, -0.15) is 0 Å². The van der Waals surface area contributed by atoms with Crippen molar-refractivity contribution in [2.75, 3.05) is 6.54 Å².